The Hall–Kier alpha value is -2.96. The van der Waals surface area contributed by atoms with E-state index in [0.29, 0.717) is 58.0 Å². The fourth-order valence-corrected chi connectivity index (χ4v) is 4.15. The Morgan fingerprint density at radius 3 is 2.48 bits per heavy atom. The van der Waals surface area contributed by atoms with Crippen molar-refractivity contribution >= 4 is 11.8 Å². The monoisotopic (exact) mass is 456 g/mol. The Kier molecular flexibility index (Phi) is 9.22. The van der Waals surface area contributed by atoms with Gasteiger partial charge in [-0.15, -0.1) is 0 Å². The normalized spacial score (nSPS) is 14.2. The average Bonchev–Trinajstić information content (AvgIpc) is 3.38. The van der Waals surface area contributed by atoms with Crippen molar-refractivity contribution in [2.24, 2.45) is 5.92 Å². The van der Waals surface area contributed by atoms with E-state index >= 15 is 0 Å². The smallest absolute Gasteiger partial charge is 0.289 e. The quantitative estimate of drug-likeness (QED) is 0.488. The molecule has 3 rings (SSSR count). The van der Waals surface area contributed by atoms with Gasteiger partial charge in [0.2, 0.25) is 5.91 Å². The van der Waals surface area contributed by atoms with Gasteiger partial charge in [-0.1, -0.05) is 19.9 Å². The number of amides is 2. The molecule has 0 bridgehead atoms. The summed E-state index contributed by atoms with van der Waals surface area (Å²) in [6.07, 6.45) is 4.65. The minimum Gasteiger partial charge on any atom is -0.490 e. The molecule has 0 atom stereocenters. The highest BCUT2D eigenvalue weighted by Gasteiger charge is 2.31. The standard InChI is InChI=1S/C26H36N2O5/c1-4-13-28(19-20-9-10-22(32-16-5-2)24(18-20)31-6-3)25(29)21-11-14-27(15-12-21)26(30)23-8-7-17-33-23/h7-10,17-18,21H,4-6,11-16,19H2,1-3H3. The molecule has 180 valence electrons. The molecule has 7 nitrogen and oxygen atoms in total. The van der Waals surface area contributed by atoms with Gasteiger partial charge in [-0.3, -0.25) is 9.59 Å². The number of likely N-dealkylation sites (tertiary alicyclic amines) is 1. The second-order valence-corrected chi connectivity index (χ2v) is 8.37. The largest absolute Gasteiger partial charge is 0.490 e. The summed E-state index contributed by atoms with van der Waals surface area (Å²) in [4.78, 5) is 29.6. The van der Waals surface area contributed by atoms with E-state index in [9.17, 15) is 9.59 Å². The number of rotatable bonds is 11. The Morgan fingerprint density at radius 2 is 1.85 bits per heavy atom. The van der Waals surface area contributed by atoms with E-state index < -0.39 is 0 Å². The Balaban J connectivity index is 1.63. The molecule has 1 fully saturated rings. The van der Waals surface area contributed by atoms with Gasteiger partial charge in [-0.25, -0.2) is 0 Å². The highest BCUT2D eigenvalue weighted by molar-refractivity contribution is 5.91. The van der Waals surface area contributed by atoms with Crippen LogP contribution in [0.5, 0.6) is 11.5 Å². The molecule has 1 aromatic heterocycles. The van der Waals surface area contributed by atoms with Crippen molar-refractivity contribution in [3.63, 3.8) is 0 Å². The number of carbonyl (C=O) groups excluding carboxylic acids is 2. The molecule has 0 saturated carbocycles. The number of nitrogens with zero attached hydrogens (tertiary/aromatic N) is 2. The topological polar surface area (TPSA) is 72.2 Å². The first-order valence-corrected chi connectivity index (χ1v) is 12.1. The average molecular weight is 457 g/mol. The first kappa shape index (κ1) is 24.7. The summed E-state index contributed by atoms with van der Waals surface area (Å²) in [7, 11) is 0. The molecule has 0 N–H and O–H groups in total. The van der Waals surface area contributed by atoms with E-state index in [4.69, 9.17) is 13.9 Å². The molecule has 1 saturated heterocycles. The summed E-state index contributed by atoms with van der Waals surface area (Å²) in [5.41, 5.74) is 1.02. The van der Waals surface area contributed by atoms with Crippen LogP contribution < -0.4 is 9.47 Å². The fraction of sp³-hybridized carbons (Fsp3) is 0.538. The Labute approximate surface area is 196 Å². The van der Waals surface area contributed by atoms with Crippen LogP contribution >= 0.6 is 0 Å². The molecule has 0 radical (unpaired) electrons. The first-order chi connectivity index (χ1) is 16.1. The second-order valence-electron chi connectivity index (χ2n) is 8.37. The maximum absolute atomic E-state index is 13.4. The highest BCUT2D eigenvalue weighted by atomic mass is 16.5. The lowest BCUT2D eigenvalue weighted by Gasteiger charge is -2.34. The van der Waals surface area contributed by atoms with Crippen molar-refractivity contribution in [2.75, 3.05) is 32.8 Å². The van der Waals surface area contributed by atoms with Crippen LogP contribution in [0.2, 0.25) is 0 Å². The van der Waals surface area contributed by atoms with Crippen LogP contribution in [0.1, 0.15) is 62.6 Å². The second kappa shape index (κ2) is 12.3. The van der Waals surface area contributed by atoms with E-state index in [-0.39, 0.29) is 17.7 Å². The van der Waals surface area contributed by atoms with Gasteiger partial charge in [0.1, 0.15) is 0 Å². The third-order valence-electron chi connectivity index (χ3n) is 5.81. The number of benzene rings is 1. The number of carbonyl (C=O) groups is 2. The minimum atomic E-state index is -0.106. The summed E-state index contributed by atoms with van der Waals surface area (Å²) in [5, 5.41) is 0. The zero-order valence-electron chi connectivity index (χ0n) is 20.0. The minimum absolute atomic E-state index is 0.0734. The van der Waals surface area contributed by atoms with Crippen LogP contribution in [-0.4, -0.2) is 54.5 Å². The lowest BCUT2D eigenvalue weighted by Crippen LogP contribution is -2.44. The molecular weight excluding hydrogens is 420 g/mol. The SMILES string of the molecule is CCCOc1ccc(CN(CCC)C(=O)C2CCN(C(=O)c3ccco3)CC2)cc1OCC. The molecule has 1 aliphatic heterocycles. The zero-order valence-corrected chi connectivity index (χ0v) is 20.0. The van der Waals surface area contributed by atoms with Gasteiger partial charge in [-0.05, 0) is 62.4 Å². The van der Waals surface area contributed by atoms with Gasteiger partial charge in [0.25, 0.3) is 5.91 Å². The van der Waals surface area contributed by atoms with Crippen LogP contribution in [0.4, 0.5) is 0 Å². The van der Waals surface area contributed by atoms with Gasteiger partial charge < -0.3 is 23.7 Å². The predicted octanol–water partition coefficient (Wildman–Crippen LogP) is 4.76. The van der Waals surface area contributed by atoms with Gasteiger partial charge in [-0.2, -0.15) is 0 Å². The van der Waals surface area contributed by atoms with E-state index in [1.807, 2.05) is 30.0 Å². The summed E-state index contributed by atoms with van der Waals surface area (Å²) >= 11 is 0. The van der Waals surface area contributed by atoms with Gasteiger partial charge >= 0.3 is 0 Å². The van der Waals surface area contributed by atoms with Gasteiger partial charge in [0, 0.05) is 32.1 Å². The van der Waals surface area contributed by atoms with Crippen LogP contribution in [0.25, 0.3) is 0 Å². The number of piperidine rings is 1. The first-order valence-electron chi connectivity index (χ1n) is 12.1. The molecule has 0 unspecified atom stereocenters. The van der Waals surface area contributed by atoms with Crippen LogP contribution in [-0.2, 0) is 11.3 Å². The molecule has 2 aromatic rings. The van der Waals surface area contributed by atoms with E-state index in [0.717, 1.165) is 29.9 Å². The number of furan rings is 1. The maximum atomic E-state index is 13.4. The Bertz CT molecular complexity index is 888. The van der Waals surface area contributed by atoms with Gasteiger partial charge in [0.15, 0.2) is 17.3 Å². The summed E-state index contributed by atoms with van der Waals surface area (Å²) in [6.45, 7) is 9.65. The molecule has 7 heteroatoms. The van der Waals surface area contributed by atoms with E-state index in [2.05, 4.69) is 13.8 Å². The number of hydrogen-bond donors (Lipinski definition) is 0. The van der Waals surface area contributed by atoms with Crippen molar-refractivity contribution in [1.29, 1.82) is 0 Å². The molecule has 33 heavy (non-hydrogen) atoms. The molecule has 2 amide bonds. The Morgan fingerprint density at radius 1 is 1.06 bits per heavy atom. The summed E-state index contributed by atoms with van der Waals surface area (Å²) in [5.74, 6) is 1.79. The zero-order chi connectivity index (χ0) is 23.6. The van der Waals surface area contributed by atoms with Crippen molar-refractivity contribution in [3.8, 4) is 11.5 Å². The molecule has 1 aliphatic rings. The molecule has 1 aromatic carbocycles. The van der Waals surface area contributed by atoms with Gasteiger partial charge in [0.05, 0.1) is 19.5 Å². The molecule has 0 aliphatic carbocycles. The molecule has 2 heterocycles. The van der Waals surface area contributed by atoms with E-state index in [1.54, 1.807) is 17.0 Å². The van der Waals surface area contributed by atoms with Crippen LogP contribution in [0, 0.1) is 5.92 Å². The fourth-order valence-electron chi connectivity index (χ4n) is 4.15. The highest BCUT2D eigenvalue weighted by Crippen LogP contribution is 2.30. The van der Waals surface area contributed by atoms with Crippen molar-refractivity contribution in [3.05, 3.63) is 47.9 Å². The van der Waals surface area contributed by atoms with Crippen molar-refractivity contribution in [1.82, 2.24) is 9.80 Å². The third kappa shape index (κ3) is 6.53. The third-order valence-corrected chi connectivity index (χ3v) is 5.81. The predicted molar refractivity (Wildman–Crippen MR) is 126 cm³/mol. The van der Waals surface area contributed by atoms with Crippen LogP contribution in [0.15, 0.2) is 41.0 Å². The number of hydrogen-bond acceptors (Lipinski definition) is 5. The lowest BCUT2D eigenvalue weighted by atomic mass is 9.94. The van der Waals surface area contributed by atoms with Crippen molar-refractivity contribution < 1.29 is 23.5 Å². The number of ether oxygens (including phenoxy) is 2. The summed E-state index contributed by atoms with van der Waals surface area (Å²) < 4.78 is 16.8. The van der Waals surface area contributed by atoms with Crippen LogP contribution in [0.3, 0.4) is 0 Å². The van der Waals surface area contributed by atoms with E-state index in [1.165, 1.54) is 6.26 Å². The molecular formula is C26H36N2O5. The molecule has 0 spiro atoms. The summed E-state index contributed by atoms with van der Waals surface area (Å²) in [6, 6.07) is 9.32. The van der Waals surface area contributed by atoms with Crippen molar-refractivity contribution in [2.45, 2.75) is 53.0 Å². The maximum Gasteiger partial charge on any atom is 0.289 e. The lowest BCUT2D eigenvalue weighted by molar-refractivity contribution is -0.137.